The second-order valence-electron chi connectivity index (χ2n) is 29.1. The maximum atomic E-state index is 2.46. The summed E-state index contributed by atoms with van der Waals surface area (Å²) in [4.78, 5) is 0. The SMILES string of the molecule is c1ccc(-c2ccc(-n3c4ccccc4c4cc(-c5ccc6c(c5)c5cc7c(cc5n6-c5ccc6ccccc6c5)sc5ccccc57)ccc43)cc2)cc1.c1ccc(-c2ccc(-n3c4ccccc4c4cc(-c5ccc6c(c5)c5cc7sc8ccccc8c7cc5n6-c5ccc6ccccc6c5)ccc43)cc2)cc1. The van der Waals surface area contributed by atoms with Gasteiger partial charge in [-0.1, -0.05) is 243 Å². The van der Waals surface area contributed by atoms with Gasteiger partial charge in [0.25, 0.3) is 0 Å². The lowest BCUT2D eigenvalue weighted by Gasteiger charge is -2.11. The Morgan fingerprint density at radius 3 is 0.891 bits per heavy atom. The van der Waals surface area contributed by atoms with Gasteiger partial charge in [0.05, 0.1) is 44.1 Å². The largest absolute Gasteiger partial charge is 0.309 e. The Kier molecular flexibility index (Phi) is 14.1. The van der Waals surface area contributed by atoms with Crippen LogP contribution in [-0.2, 0) is 0 Å². The van der Waals surface area contributed by atoms with Crippen LogP contribution < -0.4 is 0 Å². The Morgan fingerprint density at radius 1 is 0.136 bits per heavy atom. The highest BCUT2D eigenvalue weighted by Crippen LogP contribution is 2.47. The molecule has 6 heteroatoms. The fourth-order valence-corrected chi connectivity index (χ4v) is 20.0. The van der Waals surface area contributed by atoms with E-state index in [0.717, 1.165) is 11.4 Å². The van der Waals surface area contributed by atoms with Crippen molar-refractivity contribution in [1.29, 1.82) is 0 Å². The lowest BCUT2D eigenvalue weighted by Crippen LogP contribution is -1.94. The van der Waals surface area contributed by atoms with Crippen molar-refractivity contribution in [3.05, 3.63) is 388 Å². The van der Waals surface area contributed by atoms with Crippen molar-refractivity contribution in [1.82, 2.24) is 18.3 Å². The molecule has 0 aliphatic rings. The van der Waals surface area contributed by atoms with Crippen molar-refractivity contribution in [2.45, 2.75) is 0 Å². The van der Waals surface area contributed by atoms with Gasteiger partial charge < -0.3 is 18.3 Å². The van der Waals surface area contributed by atoms with E-state index in [1.54, 1.807) is 0 Å². The smallest absolute Gasteiger partial charge is 0.0555 e. The molecule has 110 heavy (non-hydrogen) atoms. The molecular formula is C104H64N4S2. The van der Waals surface area contributed by atoms with Crippen LogP contribution in [0.4, 0.5) is 0 Å². The molecule has 0 bridgehead atoms. The van der Waals surface area contributed by atoms with Crippen molar-refractivity contribution in [3.63, 3.8) is 0 Å². The molecule has 6 heterocycles. The predicted octanol–water partition coefficient (Wildman–Crippen LogP) is 29.5. The zero-order valence-corrected chi connectivity index (χ0v) is 61.2. The third-order valence-corrected chi connectivity index (χ3v) is 25.3. The minimum absolute atomic E-state index is 1.16. The summed E-state index contributed by atoms with van der Waals surface area (Å²) in [5.74, 6) is 0. The summed E-state index contributed by atoms with van der Waals surface area (Å²) < 4.78 is 15.0. The van der Waals surface area contributed by atoms with Crippen molar-refractivity contribution in [2.75, 3.05) is 0 Å². The summed E-state index contributed by atoms with van der Waals surface area (Å²) >= 11 is 3.76. The van der Waals surface area contributed by atoms with Gasteiger partial charge in [-0.25, -0.2) is 0 Å². The van der Waals surface area contributed by atoms with Crippen LogP contribution in [0.1, 0.15) is 0 Å². The topological polar surface area (TPSA) is 19.7 Å². The normalized spacial score (nSPS) is 12.0. The summed E-state index contributed by atoms with van der Waals surface area (Å²) in [6.45, 7) is 0. The Balaban J connectivity index is 0.000000132. The number of benzene rings is 18. The maximum absolute atomic E-state index is 2.46. The second kappa shape index (κ2) is 24.9. The first kappa shape index (κ1) is 62.3. The van der Waals surface area contributed by atoms with Gasteiger partial charge in [0.1, 0.15) is 0 Å². The summed E-state index contributed by atoms with van der Waals surface area (Å²) in [7, 11) is 0. The fourth-order valence-electron chi connectivity index (χ4n) is 17.8. The Morgan fingerprint density at radius 2 is 0.436 bits per heavy atom. The van der Waals surface area contributed by atoms with Crippen molar-refractivity contribution in [3.8, 4) is 67.3 Å². The molecule has 0 saturated heterocycles. The molecule has 0 N–H and O–H groups in total. The van der Waals surface area contributed by atoms with E-state index in [1.807, 2.05) is 22.7 Å². The zero-order chi connectivity index (χ0) is 72.1. The van der Waals surface area contributed by atoms with Crippen LogP contribution in [0.5, 0.6) is 0 Å². The van der Waals surface area contributed by atoms with Gasteiger partial charge >= 0.3 is 0 Å². The monoisotopic (exact) mass is 1430 g/mol. The van der Waals surface area contributed by atoms with Gasteiger partial charge in [0.2, 0.25) is 0 Å². The number of hydrogen-bond acceptors (Lipinski definition) is 2. The molecule has 6 aromatic heterocycles. The molecule has 24 aromatic rings. The summed E-state index contributed by atoms with van der Waals surface area (Å²) in [6, 6.07) is 143. The molecule has 512 valence electrons. The molecular weight excluding hydrogens is 1370 g/mol. The second-order valence-corrected chi connectivity index (χ2v) is 31.3. The van der Waals surface area contributed by atoms with Crippen LogP contribution in [0.2, 0.25) is 0 Å². The summed E-state index contributed by atoms with van der Waals surface area (Å²) in [5.41, 5.74) is 24.2. The van der Waals surface area contributed by atoms with Crippen LogP contribution in [-0.4, -0.2) is 18.3 Å². The molecule has 18 aromatic carbocycles. The number of hydrogen-bond donors (Lipinski definition) is 0. The maximum Gasteiger partial charge on any atom is 0.0555 e. The summed E-state index contributed by atoms with van der Waals surface area (Å²) in [6.07, 6.45) is 0. The molecule has 0 aliphatic carbocycles. The molecule has 0 aliphatic heterocycles. The minimum atomic E-state index is 1.16. The van der Waals surface area contributed by atoms with Crippen molar-refractivity contribution < 1.29 is 0 Å². The van der Waals surface area contributed by atoms with Gasteiger partial charge in [0.15, 0.2) is 0 Å². The summed E-state index contributed by atoms with van der Waals surface area (Å²) in [5, 5.41) is 20.4. The van der Waals surface area contributed by atoms with Crippen LogP contribution >= 0.6 is 22.7 Å². The van der Waals surface area contributed by atoms with Gasteiger partial charge in [-0.2, -0.15) is 0 Å². The Hall–Kier alpha value is -13.9. The first-order valence-electron chi connectivity index (χ1n) is 37.7. The molecule has 0 fully saturated rings. The number of nitrogens with zero attached hydrogens (tertiary/aromatic N) is 4. The molecule has 0 saturated carbocycles. The zero-order valence-electron chi connectivity index (χ0n) is 59.6. The number of aromatic nitrogens is 4. The van der Waals surface area contributed by atoms with Gasteiger partial charge in [-0.3, -0.25) is 0 Å². The molecule has 24 rings (SSSR count). The van der Waals surface area contributed by atoms with E-state index >= 15 is 0 Å². The van der Waals surface area contributed by atoms with Crippen molar-refractivity contribution >= 4 is 172 Å². The Bertz CT molecular complexity index is 7870. The standard InChI is InChI=1S/2C52H32N2S/c1-2-10-33(11-3-1)35-18-23-39(24-19-35)53-47-16-8-6-14-41(47)43-29-37(21-26-48(43)53)38-22-27-49-44(30-38)45-32-52-46(42-15-7-9-17-51(42)55-52)31-50(45)54(49)40-25-20-34-12-4-5-13-36(34)28-40;1-2-10-33(11-3-1)35-18-23-39(24-19-35)53-47-16-8-6-14-41(47)43-29-37(21-26-48(43)53)38-22-27-49-44(30-38)45-31-46-42-15-7-9-17-51(42)55-52(46)32-50(45)54(49)40-25-20-34-12-4-5-13-36(34)28-40/h2*1-32H. The highest BCUT2D eigenvalue weighted by atomic mass is 32.1. The first-order chi connectivity index (χ1) is 54.5. The van der Waals surface area contributed by atoms with E-state index in [-0.39, 0.29) is 0 Å². The van der Waals surface area contributed by atoms with E-state index in [0.29, 0.717) is 0 Å². The third-order valence-electron chi connectivity index (χ3n) is 23.0. The van der Waals surface area contributed by atoms with Crippen LogP contribution in [0.25, 0.3) is 216 Å². The van der Waals surface area contributed by atoms with Crippen LogP contribution in [0.3, 0.4) is 0 Å². The lowest BCUT2D eigenvalue weighted by atomic mass is 10.00. The number of rotatable bonds is 8. The third kappa shape index (κ3) is 9.97. The van der Waals surface area contributed by atoms with Crippen LogP contribution in [0.15, 0.2) is 388 Å². The van der Waals surface area contributed by atoms with E-state index in [9.17, 15) is 0 Å². The minimum Gasteiger partial charge on any atom is -0.309 e. The molecule has 0 radical (unpaired) electrons. The molecule has 0 amide bonds. The molecule has 4 nitrogen and oxygen atoms in total. The van der Waals surface area contributed by atoms with E-state index in [4.69, 9.17) is 0 Å². The number of para-hydroxylation sites is 2. The average Bonchev–Trinajstić information content (AvgIpc) is 1.57. The van der Waals surface area contributed by atoms with Gasteiger partial charge in [0, 0.05) is 106 Å². The highest BCUT2D eigenvalue weighted by molar-refractivity contribution is 7.26. The lowest BCUT2D eigenvalue weighted by molar-refractivity contribution is 1.18. The van der Waals surface area contributed by atoms with E-state index < -0.39 is 0 Å². The molecule has 0 unspecified atom stereocenters. The highest BCUT2D eigenvalue weighted by Gasteiger charge is 2.22. The fraction of sp³-hybridized carbons (Fsp3) is 0. The van der Waals surface area contributed by atoms with Gasteiger partial charge in [-0.15, -0.1) is 22.7 Å². The first-order valence-corrected chi connectivity index (χ1v) is 39.3. The average molecular weight is 1430 g/mol. The van der Waals surface area contributed by atoms with Crippen molar-refractivity contribution in [2.24, 2.45) is 0 Å². The predicted molar refractivity (Wildman–Crippen MR) is 473 cm³/mol. The van der Waals surface area contributed by atoms with Gasteiger partial charge in [-0.05, 0) is 212 Å². The van der Waals surface area contributed by atoms with Crippen LogP contribution in [0, 0.1) is 0 Å². The number of thiophene rings is 2. The number of fused-ring (bicyclic) bond motifs is 20. The van der Waals surface area contributed by atoms with E-state index in [1.165, 1.54) is 205 Å². The van der Waals surface area contributed by atoms with E-state index in [2.05, 4.69) is 407 Å². The molecule has 0 spiro atoms. The molecule has 0 atom stereocenters. The Labute approximate surface area is 640 Å². The quantitative estimate of drug-likeness (QED) is 0.144.